The third-order valence-corrected chi connectivity index (χ3v) is 2.94. The first-order valence-corrected chi connectivity index (χ1v) is 5.54. The normalized spacial score (nSPS) is 11.3. The van der Waals surface area contributed by atoms with Gasteiger partial charge in [0.25, 0.3) is 0 Å². The molecule has 0 aliphatic heterocycles. The molecule has 2 aromatic rings. The van der Waals surface area contributed by atoms with Gasteiger partial charge >= 0.3 is 5.63 Å². The summed E-state index contributed by atoms with van der Waals surface area (Å²) >= 11 is 0. The van der Waals surface area contributed by atoms with Crippen LogP contribution in [-0.2, 0) is 0 Å². The molecule has 0 saturated carbocycles. The van der Waals surface area contributed by atoms with Crippen LogP contribution < -0.4 is 5.63 Å². The summed E-state index contributed by atoms with van der Waals surface area (Å²) in [6.07, 6.45) is 0. The summed E-state index contributed by atoms with van der Waals surface area (Å²) < 4.78 is 5.41. The molecule has 84 valence electrons. The van der Waals surface area contributed by atoms with Crippen molar-refractivity contribution >= 4 is 11.0 Å². The van der Waals surface area contributed by atoms with E-state index in [1.807, 2.05) is 19.1 Å². The fourth-order valence-electron chi connectivity index (χ4n) is 1.91. The van der Waals surface area contributed by atoms with Crippen molar-refractivity contribution in [3.63, 3.8) is 0 Å². The Morgan fingerprint density at radius 3 is 2.44 bits per heavy atom. The van der Waals surface area contributed by atoms with Gasteiger partial charge in [0.1, 0.15) is 5.58 Å². The maximum absolute atomic E-state index is 11.6. The number of fused-ring (bicyclic) bond motifs is 1. The lowest BCUT2D eigenvalue weighted by Gasteiger charge is -2.10. The molecule has 0 atom stereocenters. The largest absolute Gasteiger partial charge is 0.422 e. The minimum atomic E-state index is -0.236. The van der Waals surface area contributed by atoms with Gasteiger partial charge in [-0.3, -0.25) is 0 Å². The van der Waals surface area contributed by atoms with Gasteiger partial charge in [-0.1, -0.05) is 26.0 Å². The fraction of sp³-hybridized carbons (Fsp3) is 0.357. The number of benzene rings is 1. The predicted molar refractivity (Wildman–Crippen MR) is 66.0 cm³/mol. The zero-order valence-corrected chi connectivity index (χ0v) is 10.1. The lowest BCUT2D eigenvalue weighted by molar-refractivity contribution is 0.548. The molecule has 0 saturated heterocycles. The smallest absolute Gasteiger partial charge is 0.339 e. The van der Waals surface area contributed by atoms with Crippen molar-refractivity contribution in [1.29, 1.82) is 0 Å². The van der Waals surface area contributed by atoms with E-state index in [1.165, 1.54) is 0 Å². The zero-order chi connectivity index (χ0) is 11.9. The Morgan fingerprint density at radius 2 is 1.81 bits per heavy atom. The van der Waals surface area contributed by atoms with Crippen LogP contribution in [0.15, 0.2) is 27.4 Å². The highest BCUT2D eigenvalue weighted by Gasteiger charge is 2.11. The third kappa shape index (κ3) is 1.64. The molecule has 0 unspecified atom stereocenters. The average molecular weight is 216 g/mol. The van der Waals surface area contributed by atoms with Gasteiger partial charge in [0.15, 0.2) is 0 Å². The maximum atomic E-state index is 11.6. The monoisotopic (exact) mass is 216 g/mol. The van der Waals surface area contributed by atoms with Crippen molar-refractivity contribution in [2.45, 2.75) is 33.6 Å². The van der Waals surface area contributed by atoms with Crippen LogP contribution in [0.4, 0.5) is 0 Å². The summed E-state index contributed by atoms with van der Waals surface area (Å²) in [5, 5.41) is 1.04. The van der Waals surface area contributed by atoms with Gasteiger partial charge in [-0.05, 0) is 37.0 Å². The SMILES string of the molecule is Cc1cc2c(C)ccc(C(C)C)c2oc1=O. The highest BCUT2D eigenvalue weighted by atomic mass is 16.4. The molecule has 2 nitrogen and oxygen atoms in total. The summed E-state index contributed by atoms with van der Waals surface area (Å²) in [7, 11) is 0. The number of rotatable bonds is 1. The second-order valence-electron chi connectivity index (χ2n) is 4.59. The van der Waals surface area contributed by atoms with Crippen molar-refractivity contribution in [2.75, 3.05) is 0 Å². The van der Waals surface area contributed by atoms with Crippen molar-refractivity contribution in [3.05, 3.63) is 45.3 Å². The van der Waals surface area contributed by atoms with Gasteiger partial charge < -0.3 is 4.42 Å². The lowest BCUT2D eigenvalue weighted by atomic mass is 9.97. The van der Waals surface area contributed by atoms with E-state index in [2.05, 4.69) is 19.9 Å². The van der Waals surface area contributed by atoms with E-state index < -0.39 is 0 Å². The minimum Gasteiger partial charge on any atom is -0.422 e. The highest BCUT2D eigenvalue weighted by Crippen LogP contribution is 2.27. The lowest BCUT2D eigenvalue weighted by Crippen LogP contribution is -2.04. The van der Waals surface area contributed by atoms with E-state index in [-0.39, 0.29) is 5.63 Å². The van der Waals surface area contributed by atoms with Gasteiger partial charge in [-0.25, -0.2) is 4.79 Å². The van der Waals surface area contributed by atoms with Crippen LogP contribution in [0.25, 0.3) is 11.0 Å². The maximum Gasteiger partial charge on any atom is 0.339 e. The van der Waals surface area contributed by atoms with Crippen molar-refractivity contribution in [1.82, 2.24) is 0 Å². The molecule has 2 rings (SSSR count). The molecule has 0 N–H and O–H groups in total. The van der Waals surface area contributed by atoms with Gasteiger partial charge in [-0.2, -0.15) is 0 Å². The molecule has 16 heavy (non-hydrogen) atoms. The van der Waals surface area contributed by atoms with Gasteiger partial charge in [0, 0.05) is 10.9 Å². The van der Waals surface area contributed by atoms with Crippen molar-refractivity contribution < 1.29 is 4.42 Å². The molecular weight excluding hydrogens is 200 g/mol. The Bertz CT molecular complexity index is 591. The summed E-state index contributed by atoms with van der Waals surface area (Å²) in [6, 6.07) is 6.04. The number of hydrogen-bond acceptors (Lipinski definition) is 2. The Balaban J connectivity index is 2.93. The van der Waals surface area contributed by atoms with Gasteiger partial charge in [0.05, 0.1) is 0 Å². The molecule has 2 heteroatoms. The molecule has 0 radical (unpaired) electrons. The first-order valence-electron chi connectivity index (χ1n) is 5.54. The number of hydrogen-bond donors (Lipinski definition) is 0. The number of aryl methyl sites for hydroxylation is 2. The van der Waals surface area contributed by atoms with Crippen LogP contribution in [-0.4, -0.2) is 0 Å². The van der Waals surface area contributed by atoms with E-state index in [4.69, 9.17) is 4.42 Å². The summed E-state index contributed by atoms with van der Waals surface area (Å²) in [5.41, 5.74) is 3.41. The van der Waals surface area contributed by atoms with Crippen molar-refractivity contribution in [2.24, 2.45) is 0 Å². The van der Waals surface area contributed by atoms with E-state index in [1.54, 1.807) is 6.92 Å². The molecular formula is C14H16O2. The zero-order valence-electron chi connectivity index (χ0n) is 10.1. The van der Waals surface area contributed by atoms with Crippen LogP contribution >= 0.6 is 0 Å². The Hall–Kier alpha value is -1.57. The van der Waals surface area contributed by atoms with Crippen molar-refractivity contribution in [3.8, 4) is 0 Å². The molecule has 1 aromatic heterocycles. The standard InChI is InChI=1S/C14H16O2/c1-8(2)11-6-5-9(3)12-7-10(4)14(15)16-13(11)12/h5-8H,1-4H3. The highest BCUT2D eigenvalue weighted by molar-refractivity contribution is 5.84. The first kappa shape index (κ1) is 10.9. The Kier molecular flexibility index (Phi) is 2.58. The van der Waals surface area contributed by atoms with Crippen LogP contribution in [0, 0.1) is 13.8 Å². The van der Waals surface area contributed by atoms with E-state index >= 15 is 0 Å². The minimum absolute atomic E-state index is 0.236. The summed E-state index contributed by atoms with van der Waals surface area (Å²) in [4.78, 5) is 11.6. The molecule has 0 bridgehead atoms. The molecule has 0 spiro atoms. The van der Waals surface area contributed by atoms with Crippen LogP contribution in [0.1, 0.15) is 36.5 Å². The van der Waals surface area contributed by atoms with E-state index in [9.17, 15) is 4.79 Å². The topological polar surface area (TPSA) is 30.2 Å². The summed E-state index contributed by atoms with van der Waals surface area (Å²) in [6.45, 7) is 8.02. The van der Waals surface area contributed by atoms with Crippen LogP contribution in [0.5, 0.6) is 0 Å². The van der Waals surface area contributed by atoms with Gasteiger partial charge in [-0.15, -0.1) is 0 Å². The quantitative estimate of drug-likeness (QED) is 0.682. The van der Waals surface area contributed by atoms with Crippen LogP contribution in [0.2, 0.25) is 0 Å². The van der Waals surface area contributed by atoms with E-state index in [0.717, 1.165) is 22.1 Å². The molecule has 0 fully saturated rings. The molecule has 0 aliphatic carbocycles. The average Bonchev–Trinajstić information content (AvgIpc) is 2.21. The first-order chi connectivity index (χ1) is 7.50. The fourth-order valence-corrected chi connectivity index (χ4v) is 1.91. The second-order valence-corrected chi connectivity index (χ2v) is 4.59. The molecule has 1 heterocycles. The molecule has 0 amide bonds. The second kappa shape index (κ2) is 3.78. The predicted octanol–water partition coefficient (Wildman–Crippen LogP) is 3.53. The van der Waals surface area contributed by atoms with E-state index in [0.29, 0.717) is 11.5 Å². The molecule has 1 aromatic carbocycles. The third-order valence-electron chi connectivity index (χ3n) is 2.94. The Labute approximate surface area is 94.9 Å². The Morgan fingerprint density at radius 1 is 1.12 bits per heavy atom. The van der Waals surface area contributed by atoms with Crippen LogP contribution in [0.3, 0.4) is 0 Å². The molecule has 0 aliphatic rings. The van der Waals surface area contributed by atoms with Gasteiger partial charge in [0.2, 0.25) is 0 Å². The summed E-state index contributed by atoms with van der Waals surface area (Å²) in [5.74, 6) is 0.356.